The number of benzene rings is 1. The summed E-state index contributed by atoms with van der Waals surface area (Å²) in [6.45, 7) is 6.08. The number of hydrogen-bond donors (Lipinski definition) is 0. The molecule has 3 heteroatoms. The monoisotopic (exact) mass is 302 g/mol. The average molecular weight is 302 g/mol. The first kappa shape index (κ1) is 15.1. The lowest BCUT2D eigenvalue weighted by molar-refractivity contribution is -0.105. The van der Waals surface area contributed by atoms with Crippen molar-refractivity contribution in [3.63, 3.8) is 0 Å². The van der Waals surface area contributed by atoms with Crippen molar-refractivity contribution in [1.82, 2.24) is 0 Å². The molecule has 3 rings (SSSR count). The van der Waals surface area contributed by atoms with Gasteiger partial charge in [0.2, 0.25) is 0 Å². The molecule has 0 aliphatic heterocycles. The summed E-state index contributed by atoms with van der Waals surface area (Å²) in [4.78, 5) is 11.4. The molecule has 0 radical (unpaired) electrons. The Bertz CT molecular complexity index is 687. The number of halogens is 2. The normalized spacial score (nSPS) is 31.0. The van der Waals surface area contributed by atoms with Gasteiger partial charge in [-0.25, -0.2) is 8.78 Å². The molecule has 2 aliphatic carbocycles. The number of allylic oxidation sites excluding steroid dienone is 4. The minimum Gasteiger partial charge on any atom is -0.298 e. The van der Waals surface area contributed by atoms with Gasteiger partial charge in [0.25, 0.3) is 0 Å². The highest BCUT2D eigenvalue weighted by molar-refractivity contribution is 5.77. The molecule has 116 valence electrons. The first-order chi connectivity index (χ1) is 10.4. The second kappa shape index (κ2) is 5.45. The Kier molecular flexibility index (Phi) is 3.75. The van der Waals surface area contributed by atoms with Crippen molar-refractivity contribution < 1.29 is 13.6 Å². The van der Waals surface area contributed by atoms with E-state index in [1.807, 2.05) is 20.8 Å². The Morgan fingerprint density at radius 1 is 1.23 bits per heavy atom. The molecule has 0 N–H and O–H groups in total. The zero-order valence-corrected chi connectivity index (χ0v) is 13.1. The smallest absolute Gasteiger partial charge is 0.146 e. The van der Waals surface area contributed by atoms with Gasteiger partial charge in [0, 0.05) is 12.0 Å². The third-order valence-electron chi connectivity index (χ3n) is 5.40. The standard InChI is InChI=1S/C19H20F2O/c1-10-6-15-11(2)17(9-22)12(3)19(15)16(7-10)14-5-4-13(20)8-18(14)21/h4-6,8-9,12,15-16,19H,7H2,1-3H3. The van der Waals surface area contributed by atoms with E-state index in [9.17, 15) is 13.6 Å². The summed E-state index contributed by atoms with van der Waals surface area (Å²) in [7, 11) is 0. The summed E-state index contributed by atoms with van der Waals surface area (Å²) >= 11 is 0. The average Bonchev–Trinajstić information content (AvgIpc) is 2.69. The van der Waals surface area contributed by atoms with Gasteiger partial charge >= 0.3 is 0 Å². The molecule has 1 nitrogen and oxygen atoms in total. The van der Waals surface area contributed by atoms with E-state index >= 15 is 0 Å². The number of hydrogen-bond acceptors (Lipinski definition) is 1. The molecular formula is C19H20F2O. The van der Waals surface area contributed by atoms with Crippen LogP contribution in [0.3, 0.4) is 0 Å². The van der Waals surface area contributed by atoms with E-state index in [0.717, 1.165) is 29.9 Å². The molecule has 1 aromatic rings. The molecule has 22 heavy (non-hydrogen) atoms. The third-order valence-corrected chi connectivity index (χ3v) is 5.40. The van der Waals surface area contributed by atoms with E-state index in [0.29, 0.717) is 5.56 Å². The lowest BCUT2D eigenvalue weighted by Gasteiger charge is -2.36. The molecule has 4 unspecified atom stereocenters. The van der Waals surface area contributed by atoms with Crippen LogP contribution in [0.2, 0.25) is 0 Å². The van der Waals surface area contributed by atoms with Crippen LogP contribution < -0.4 is 0 Å². The van der Waals surface area contributed by atoms with Crippen LogP contribution in [0.25, 0.3) is 0 Å². The van der Waals surface area contributed by atoms with Crippen LogP contribution in [-0.2, 0) is 4.79 Å². The van der Waals surface area contributed by atoms with Crippen molar-refractivity contribution in [3.8, 4) is 0 Å². The summed E-state index contributed by atoms with van der Waals surface area (Å²) in [5.74, 6) is -0.604. The molecule has 0 fully saturated rings. The maximum absolute atomic E-state index is 14.3. The number of rotatable bonds is 2. The Labute approximate surface area is 129 Å². The van der Waals surface area contributed by atoms with Gasteiger partial charge in [0.15, 0.2) is 0 Å². The topological polar surface area (TPSA) is 17.1 Å². The van der Waals surface area contributed by atoms with E-state index in [1.165, 1.54) is 11.6 Å². The van der Waals surface area contributed by atoms with Crippen LogP contribution >= 0.6 is 0 Å². The maximum Gasteiger partial charge on any atom is 0.146 e. The van der Waals surface area contributed by atoms with E-state index < -0.39 is 11.6 Å². The molecule has 0 aromatic heterocycles. The van der Waals surface area contributed by atoms with Crippen molar-refractivity contribution >= 4 is 6.29 Å². The van der Waals surface area contributed by atoms with Crippen LogP contribution in [0.4, 0.5) is 8.78 Å². The molecule has 0 saturated heterocycles. The van der Waals surface area contributed by atoms with Crippen LogP contribution in [0, 0.1) is 29.4 Å². The quantitative estimate of drug-likeness (QED) is 0.567. The predicted octanol–water partition coefficient (Wildman–Crippen LogP) is 4.80. The van der Waals surface area contributed by atoms with Crippen molar-refractivity contribution in [2.75, 3.05) is 0 Å². The Hall–Kier alpha value is -1.77. The maximum atomic E-state index is 14.3. The molecule has 0 saturated carbocycles. The van der Waals surface area contributed by atoms with Crippen molar-refractivity contribution in [1.29, 1.82) is 0 Å². The minimum absolute atomic E-state index is 0.0157. The van der Waals surface area contributed by atoms with E-state index in [-0.39, 0.29) is 23.7 Å². The van der Waals surface area contributed by atoms with Crippen LogP contribution in [0.15, 0.2) is 41.0 Å². The van der Waals surface area contributed by atoms with Gasteiger partial charge in [-0.1, -0.05) is 30.2 Å². The summed E-state index contributed by atoms with van der Waals surface area (Å²) in [6, 6.07) is 3.84. The van der Waals surface area contributed by atoms with E-state index in [1.54, 1.807) is 6.07 Å². The molecule has 2 aliphatic rings. The van der Waals surface area contributed by atoms with Gasteiger partial charge in [-0.15, -0.1) is 0 Å². The zero-order chi connectivity index (χ0) is 16.0. The lowest BCUT2D eigenvalue weighted by atomic mass is 9.67. The Balaban J connectivity index is 2.07. The number of aldehydes is 1. The van der Waals surface area contributed by atoms with Crippen LogP contribution in [0.5, 0.6) is 0 Å². The summed E-state index contributed by atoms with van der Waals surface area (Å²) < 4.78 is 27.5. The van der Waals surface area contributed by atoms with Gasteiger partial charge in [-0.3, -0.25) is 4.79 Å². The predicted molar refractivity (Wildman–Crippen MR) is 82.4 cm³/mol. The number of carbonyl (C=O) groups is 1. The highest BCUT2D eigenvalue weighted by atomic mass is 19.1. The van der Waals surface area contributed by atoms with E-state index in [2.05, 4.69) is 6.08 Å². The van der Waals surface area contributed by atoms with Crippen LogP contribution in [-0.4, -0.2) is 6.29 Å². The molecule has 4 atom stereocenters. The van der Waals surface area contributed by atoms with Gasteiger partial charge < -0.3 is 0 Å². The van der Waals surface area contributed by atoms with Gasteiger partial charge in [0.05, 0.1) is 0 Å². The zero-order valence-electron chi connectivity index (χ0n) is 13.1. The molecular weight excluding hydrogens is 282 g/mol. The highest BCUT2D eigenvalue weighted by Gasteiger charge is 2.44. The van der Waals surface area contributed by atoms with Crippen molar-refractivity contribution in [2.24, 2.45) is 17.8 Å². The molecule has 0 amide bonds. The van der Waals surface area contributed by atoms with Crippen molar-refractivity contribution in [2.45, 2.75) is 33.1 Å². The first-order valence-electron chi connectivity index (χ1n) is 7.72. The SMILES string of the molecule is CC1=CC2C(C)=C(C=O)C(C)C2C(c2ccc(F)cc2F)C1. The summed E-state index contributed by atoms with van der Waals surface area (Å²) in [5.41, 5.74) is 3.71. The van der Waals surface area contributed by atoms with Gasteiger partial charge in [-0.2, -0.15) is 0 Å². The number of fused-ring (bicyclic) bond motifs is 1. The number of carbonyl (C=O) groups excluding carboxylic acids is 1. The molecule has 0 spiro atoms. The second-order valence-electron chi connectivity index (χ2n) is 6.64. The summed E-state index contributed by atoms with van der Waals surface area (Å²) in [5, 5.41) is 0. The minimum atomic E-state index is -0.553. The molecule has 1 aromatic carbocycles. The Morgan fingerprint density at radius 2 is 1.95 bits per heavy atom. The molecule has 0 bridgehead atoms. The largest absolute Gasteiger partial charge is 0.298 e. The highest BCUT2D eigenvalue weighted by Crippen LogP contribution is 2.53. The second-order valence-corrected chi connectivity index (χ2v) is 6.64. The first-order valence-corrected chi connectivity index (χ1v) is 7.72. The fourth-order valence-corrected chi connectivity index (χ4v) is 4.37. The van der Waals surface area contributed by atoms with E-state index in [4.69, 9.17) is 0 Å². The fraction of sp³-hybridized carbons (Fsp3) is 0.421. The van der Waals surface area contributed by atoms with Crippen LogP contribution in [0.1, 0.15) is 38.7 Å². The fourth-order valence-electron chi connectivity index (χ4n) is 4.37. The molecule has 0 heterocycles. The third kappa shape index (κ3) is 2.23. The Morgan fingerprint density at radius 3 is 2.59 bits per heavy atom. The van der Waals surface area contributed by atoms with Gasteiger partial charge in [-0.05, 0) is 55.2 Å². The van der Waals surface area contributed by atoms with Gasteiger partial charge in [0.1, 0.15) is 17.9 Å². The summed E-state index contributed by atoms with van der Waals surface area (Å²) in [6.07, 6.45) is 3.91. The lowest BCUT2D eigenvalue weighted by Crippen LogP contribution is -2.27. The van der Waals surface area contributed by atoms with Crippen molar-refractivity contribution in [3.05, 3.63) is 58.2 Å².